The molecule has 0 atom stereocenters. The lowest BCUT2D eigenvalue weighted by Gasteiger charge is -2.16. The summed E-state index contributed by atoms with van der Waals surface area (Å²) in [5.74, 6) is 0.249. The fraction of sp³-hybridized carbons (Fsp3) is 0.364. The Morgan fingerprint density at radius 3 is 2.88 bits per heavy atom. The molecule has 6 heteroatoms. The zero-order valence-corrected chi connectivity index (χ0v) is 11.7. The second-order valence-electron chi connectivity index (χ2n) is 3.40. The maximum atomic E-state index is 11.5. The molecule has 0 radical (unpaired) electrons. The number of hydrogen-bond donors (Lipinski definition) is 1. The number of benzene rings is 1. The molecule has 1 aromatic rings. The Labute approximate surface area is 113 Å². The molecular weight excluding hydrogens is 309 g/mol. The largest absolute Gasteiger partial charge is 0.482 e. The van der Waals surface area contributed by atoms with Crippen molar-refractivity contribution in [1.29, 1.82) is 0 Å². The SMILES string of the molecule is CN(CCO)C(=O)COc1ccc(Br)cc1Cl. The third-order valence-corrected chi connectivity index (χ3v) is 2.89. The van der Waals surface area contributed by atoms with Crippen LogP contribution < -0.4 is 4.74 Å². The Morgan fingerprint density at radius 2 is 2.29 bits per heavy atom. The number of hydrogen-bond acceptors (Lipinski definition) is 3. The number of nitrogens with zero attached hydrogens (tertiary/aromatic N) is 1. The van der Waals surface area contributed by atoms with E-state index in [2.05, 4.69) is 15.9 Å². The van der Waals surface area contributed by atoms with Gasteiger partial charge in [0.1, 0.15) is 5.75 Å². The highest BCUT2D eigenvalue weighted by molar-refractivity contribution is 9.10. The summed E-state index contributed by atoms with van der Waals surface area (Å²) < 4.78 is 6.14. The average molecular weight is 323 g/mol. The Kier molecular flexibility index (Phi) is 5.74. The van der Waals surface area contributed by atoms with Gasteiger partial charge in [-0.05, 0) is 18.2 Å². The minimum Gasteiger partial charge on any atom is -0.482 e. The smallest absolute Gasteiger partial charge is 0.260 e. The van der Waals surface area contributed by atoms with Gasteiger partial charge in [-0.2, -0.15) is 0 Å². The summed E-state index contributed by atoms with van der Waals surface area (Å²) in [5.41, 5.74) is 0. The standard InChI is InChI=1S/C11H13BrClNO3/c1-14(4-5-15)11(16)7-17-10-3-2-8(12)6-9(10)13/h2-3,6,15H,4-5,7H2,1H3. The number of likely N-dealkylation sites (N-methyl/N-ethyl adjacent to an activating group) is 1. The molecule has 1 aromatic carbocycles. The van der Waals surface area contributed by atoms with E-state index < -0.39 is 0 Å². The first-order valence-electron chi connectivity index (χ1n) is 4.97. The zero-order valence-electron chi connectivity index (χ0n) is 9.32. The average Bonchev–Trinajstić information content (AvgIpc) is 2.27. The highest BCUT2D eigenvalue weighted by Gasteiger charge is 2.10. The van der Waals surface area contributed by atoms with E-state index in [1.165, 1.54) is 4.90 Å². The van der Waals surface area contributed by atoms with Crippen LogP contribution in [0.1, 0.15) is 0 Å². The lowest BCUT2D eigenvalue weighted by molar-refractivity contribution is -0.132. The number of carbonyl (C=O) groups excluding carboxylic acids is 1. The number of rotatable bonds is 5. The van der Waals surface area contributed by atoms with Gasteiger partial charge < -0.3 is 14.7 Å². The van der Waals surface area contributed by atoms with Crippen molar-refractivity contribution in [2.45, 2.75) is 0 Å². The van der Waals surface area contributed by atoms with E-state index in [-0.39, 0.29) is 25.7 Å². The number of aliphatic hydroxyl groups is 1. The first kappa shape index (κ1) is 14.3. The van der Waals surface area contributed by atoms with Gasteiger partial charge in [-0.1, -0.05) is 27.5 Å². The Bertz CT molecular complexity index is 400. The van der Waals surface area contributed by atoms with Crippen LogP contribution in [0.2, 0.25) is 5.02 Å². The van der Waals surface area contributed by atoms with Crippen molar-refractivity contribution in [3.8, 4) is 5.75 Å². The van der Waals surface area contributed by atoms with Crippen LogP contribution in [0.5, 0.6) is 5.75 Å². The summed E-state index contributed by atoms with van der Waals surface area (Å²) in [6, 6.07) is 5.16. The maximum absolute atomic E-state index is 11.5. The van der Waals surface area contributed by atoms with Gasteiger partial charge in [0.05, 0.1) is 11.6 Å². The number of carbonyl (C=O) groups is 1. The topological polar surface area (TPSA) is 49.8 Å². The molecule has 1 N–H and O–H groups in total. The van der Waals surface area contributed by atoms with Gasteiger partial charge in [0.25, 0.3) is 5.91 Å². The monoisotopic (exact) mass is 321 g/mol. The number of aliphatic hydroxyl groups excluding tert-OH is 1. The van der Waals surface area contributed by atoms with E-state index in [0.29, 0.717) is 10.8 Å². The van der Waals surface area contributed by atoms with E-state index in [9.17, 15) is 4.79 Å². The highest BCUT2D eigenvalue weighted by atomic mass is 79.9. The van der Waals surface area contributed by atoms with Crippen molar-refractivity contribution in [3.05, 3.63) is 27.7 Å². The lowest BCUT2D eigenvalue weighted by Crippen LogP contribution is -2.33. The van der Waals surface area contributed by atoms with Crippen LogP contribution >= 0.6 is 27.5 Å². The molecule has 0 aliphatic carbocycles. The Balaban J connectivity index is 2.53. The molecule has 0 aliphatic rings. The van der Waals surface area contributed by atoms with Crippen LogP contribution in [-0.4, -0.2) is 42.7 Å². The van der Waals surface area contributed by atoms with Gasteiger partial charge >= 0.3 is 0 Å². The third kappa shape index (κ3) is 4.53. The maximum Gasteiger partial charge on any atom is 0.260 e. The van der Waals surface area contributed by atoms with Gasteiger partial charge in [-0.25, -0.2) is 0 Å². The molecule has 0 aliphatic heterocycles. The summed E-state index contributed by atoms with van der Waals surface area (Å²) in [6.07, 6.45) is 0. The summed E-state index contributed by atoms with van der Waals surface area (Å²) in [7, 11) is 1.60. The van der Waals surface area contributed by atoms with Crippen molar-refractivity contribution in [2.24, 2.45) is 0 Å². The lowest BCUT2D eigenvalue weighted by atomic mass is 10.3. The predicted octanol–water partition coefficient (Wildman–Crippen LogP) is 1.93. The molecule has 4 nitrogen and oxygen atoms in total. The van der Waals surface area contributed by atoms with Crippen molar-refractivity contribution in [1.82, 2.24) is 4.90 Å². The van der Waals surface area contributed by atoms with Crippen LogP contribution in [0.3, 0.4) is 0 Å². The summed E-state index contributed by atoms with van der Waals surface area (Å²) in [4.78, 5) is 12.9. The Morgan fingerprint density at radius 1 is 1.59 bits per heavy atom. The van der Waals surface area contributed by atoms with Crippen LogP contribution in [-0.2, 0) is 4.79 Å². The van der Waals surface area contributed by atoms with E-state index in [0.717, 1.165) is 4.47 Å². The van der Waals surface area contributed by atoms with Crippen molar-refractivity contribution >= 4 is 33.4 Å². The van der Waals surface area contributed by atoms with Gasteiger partial charge in [0, 0.05) is 18.1 Å². The second-order valence-corrected chi connectivity index (χ2v) is 4.73. The normalized spacial score (nSPS) is 10.1. The van der Waals surface area contributed by atoms with Crippen molar-refractivity contribution in [2.75, 3.05) is 26.8 Å². The molecule has 0 fully saturated rings. The number of amides is 1. The summed E-state index contributed by atoms with van der Waals surface area (Å²) in [5, 5.41) is 9.13. The van der Waals surface area contributed by atoms with E-state index >= 15 is 0 Å². The zero-order chi connectivity index (χ0) is 12.8. The van der Waals surface area contributed by atoms with E-state index in [1.807, 2.05) is 0 Å². The predicted molar refractivity (Wildman–Crippen MR) is 69.4 cm³/mol. The quantitative estimate of drug-likeness (QED) is 0.901. The van der Waals surface area contributed by atoms with Crippen molar-refractivity contribution in [3.63, 3.8) is 0 Å². The minimum absolute atomic E-state index is 0.0682. The van der Waals surface area contributed by atoms with Gasteiger partial charge in [0.15, 0.2) is 6.61 Å². The summed E-state index contributed by atoms with van der Waals surface area (Å²) >= 11 is 9.21. The first-order valence-corrected chi connectivity index (χ1v) is 6.14. The number of halogens is 2. The molecule has 1 amide bonds. The second kappa shape index (κ2) is 6.83. The highest BCUT2D eigenvalue weighted by Crippen LogP contribution is 2.27. The van der Waals surface area contributed by atoms with E-state index in [4.69, 9.17) is 21.4 Å². The molecular formula is C11H13BrClNO3. The van der Waals surface area contributed by atoms with Crippen LogP contribution in [0.15, 0.2) is 22.7 Å². The molecule has 0 unspecified atom stereocenters. The number of ether oxygens (including phenoxy) is 1. The summed E-state index contributed by atoms with van der Waals surface area (Å²) in [6.45, 7) is 0.120. The Hall–Kier alpha value is -0.780. The molecule has 1 rings (SSSR count). The van der Waals surface area contributed by atoms with E-state index in [1.54, 1.807) is 25.2 Å². The molecule has 0 heterocycles. The van der Waals surface area contributed by atoms with Gasteiger partial charge in [-0.15, -0.1) is 0 Å². The molecule has 0 spiro atoms. The van der Waals surface area contributed by atoms with Gasteiger partial charge in [0.2, 0.25) is 0 Å². The molecule has 0 saturated carbocycles. The van der Waals surface area contributed by atoms with Crippen molar-refractivity contribution < 1.29 is 14.6 Å². The molecule has 94 valence electrons. The van der Waals surface area contributed by atoms with Crippen LogP contribution in [0, 0.1) is 0 Å². The minimum atomic E-state index is -0.210. The fourth-order valence-electron chi connectivity index (χ4n) is 1.12. The third-order valence-electron chi connectivity index (χ3n) is 2.11. The van der Waals surface area contributed by atoms with Crippen LogP contribution in [0.25, 0.3) is 0 Å². The molecule has 0 saturated heterocycles. The molecule has 0 bridgehead atoms. The molecule has 0 aromatic heterocycles. The van der Waals surface area contributed by atoms with Gasteiger partial charge in [-0.3, -0.25) is 4.79 Å². The molecule has 17 heavy (non-hydrogen) atoms. The first-order chi connectivity index (χ1) is 8.04. The fourth-order valence-corrected chi connectivity index (χ4v) is 1.84. The van der Waals surface area contributed by atoms with Crippen LogP contribution in [0.4, 0.5) is 0 Å².